The van der Waals surface area contributed by atoms with Gasteiger partial charge in [0, 0.05) is 56.0 Å². The number of aryl methyl sites for hydroxylation is 1. The van der Waals surface area contributed by atoms with Crippen LogP contribution in [0.3, 0.4) is 0 Å². The van der Waals surface area contributed by atoms with Crippen LogP contribution in [0, 0.1) is 17.8 Å². The normalized spacial score (nSPS) is 31.7. The highest BCUT2D eigenvalue weighted by Gasteiger charge is 2.65. The third-order valence-electron chi connectivity index (χ3n) is 9.57. The van der Waals surface area contributed by atoms with Crippen molar-refractivity contribution in [2.75, 3.05) is 26.7 Å². The number of carbonyl (C=O) groups excluding carboxylic acids is 1. The Morgan fingerprint density at radius 1 is 1.31 bits per heavy atom. The number of likely N-dealkylation sites (tertiary alicyclic amines) is 1. The Kier molecular flexibility index (Phi) is 9.32. The molecule has 0 aromatic heterocycles. The van der Waals surface area contributed by atoms with E-state index in [1.54, 1.807) is 13.2 Å². The topological polar surface area (TPSA) is 135 Å². The van der Waals surface area contributed by atoms with Crippen LogP contribution in [0.1, 0.15) is 77.3 Å². The third-order valence-corrected chi connectivity index (χ3v) is 9.57. The van der Waals surface area contributed by atoms with E-state index in [0.29, 0.717) is 30.7 Å². The Hall–Kier alpha value is -2.52. The molecule has 1 aromatic rings. The number of rotatable bonds is 9. The van der Waals surface area contributed by atoms with E-state index in [1.807, 2.05) is 13.8 Å². The molecule has 9 nitrogen and oxygen atoms in total. The highest BCUT2D eigenvalue weighted by molar-refractivity contribution is 5.85. The molecular weight excluding hydrogens is 494 g/mol. The van der Waals surface area contributed by atoms with E-state index in [9.17, 15) is 9.90 Å². The van der Waals surface area contributed by atoms with E-state index < -0.39 is 0 Å². The lowest BCUT2D eigenvalue weighted by Crippen LogP contribution is -2.67. The smallest absolute Gasteiger partial charge is 0.220 e. The van der Waals surface area contributed by atoms with Crippen molar-refractivity contribution < 1.29 is 19.4 Å². The SMILES string of the molecule is CC.CCc1ccc(O)c2c1C13CCN(CC4CC4)C(C)C1C[C@H](CNC(=O)CC/C(N)=N/N)C(OC)[C@@H]3O2. The zero-order valence-electron chi connectivity index (χ0n) is 24.4. The third kappa shape index (κ3) is 5.44. The average molecular weight is 544 g/mol. The molecule has 2 aliphatic carbocycles. The molecule has 2 saturated carbocycles. The number of nitrogens with one attached hydrogen (secondary N) is 1. The number of amidine groups is 1. The molecular formula is C30H49N5O4. The Morgan fingerprint density at radius 3 is 2.69 bits per heavy atom. The highest BCUT2D eigenvalue weighted by Crippen LogP contribution is 2.62. The average Bonchev–Trinajstić information content (AvgIpc) is 3.71. The summed E-state index contributed by atoms with van der Waals surface area (Å²) in [6.45, 7) is 11.2. The minimum atomic E-state index is -0.216. The predicted molar refractivity (Wildman–Crippen MR) is 154 cm³/mol. The zero-order valence-corrected chi connectivity index (χ0v) is 24.4. The van der Waals surface area contributed by atoms with Gasteiger partial charge in [0.1, 0.15) is 11.9 Å². The number of nitrogens with zero attached hydrogens (tertiary/aromatic N) is 2. The number of hydrazone groups is 1. The standard InChI is InChI=1S/C28H43N5O4.C2H6/c1-4-18-7-8-21(34)26-24(18)28-11-12-33(15-17-5-6-17)16(2)20(28)13-19(25(36-3)27(28)37-26)14-31-23(35)10-9-22(29)32-30;1-2/h7-8,16-17,19-20,25,27,34H,4-6,9-15,30H2,1-3H3,(H2,29,32)(H,31,35);1-2H3/t16?,19-,20?,25?,27+,28?;/m1./s1. The van der Waals surface area contributed by atoms with Crippen molar-refractivity contribution in [2.24, 2.45) is 34.4 Å². The number of carbonyl (C=O) groups is 1. The van der Waals surface area contributed by atoms with Crippen molar-refractivity contribution in [3.05, 3.63) is 23.3 Å². The Morgan fingerprint density at radius 2 is 2.05 bits per heavy atom. The number of nitrogens with two attached hydrogens (primary N) is 2. The fraction of sp³-hybridized carbons (Fsp3) is 0.733. The van der Waals surface area contributed by atoms with Crippen LogP contribution >= 0.6 is 0 Å². The summed E-state index contributed by atoms with van der Waals surface area (Å²) in [6, 6.07) is 4.20. The van der Waals surface area contributed by atoms with Gasteiger partial charge < -0.3 is 36.4 Å². The van der Waals surface area contributed by atoms with Gasteiger partial charge in [0.2, 0.25) is 5.91 Å². The molecule has 0 radical (unpaired) electrons. The van der Waals surface area contributed by atoms with Crippen LogP contribution in [0.15, 0.2) is 17.2 Å². The van der Waals surface area contributed by atoms with Gasteiger partial charge in [0.15, 0.2) is 11.5 Å². The minimum absolute atomic E-state index is 0.0770. The lowest BCUT2D eigenvalue weighted by Gasteiger charge is -2.58. The molecule has 1 amide bonds. The maximum atomic E-state index is 12.6. The number of benzene rings is 1. The van der Waals surface area contributed by atoms with Gasteiger partial charge >= 0.3 is 0 Å². The molecule has 4 unspecified atom stereocenters. The van der Waals surface area contributed by atoms with E-state index in [1.165, 1.54) is 24.0 Å². The van der Waals surface area contributed by atoms with Gasteiger partial charge in [-0.2, -0.15) is 5.10 Å². The number of hydrogen-bond acceptors (Lipinski definition) is 7. The van der Waals surface area contributed by atoms with Gasteiger partial charge in [-0.1, -0.05) is 26.8 Å². The molecule has 1 saturated heterocycles. The molecule has 1 spiro atoms. The van der Waals surface area contributed by atoms with Crippen LogP contribution in [-0.4, -0.2) is 66.7 Å². The van der Waals surface area contributed by atoms with Gasteiger partial charge in [0.25, 0.3) is 0 Å². The molecule has 5 rings (SSSR count). The van der Waals surface area contributed by atoms with E-state index in [0.717, 1.165) is 38.3 Å². The van der Waals surface area contributed by atoms with Gasteiger partial charge in [-0.15, -0.1) is 0 Å². The van der Waals surface area contributed by atoms with Crippen LogP contribution in [0.5, 0.6) is 11.5 Å². The van der Waals surface area contributed by atoms with Crippen LogP contribution in [-0.2, 0) is 21.4 Å². The summed E-state index contributed by atoms with van der Waals surface area (Å²) in [5.74, 6) is 7.47. The minimum Gasteiger partial charge on any atom is -0.504 e. The molecule has 2 aliphatic heterocycles. The molecule has 9 heteroatoms. The van der Waals surface area contributed by atoms with Crippen molar-refractivity contribution in [3.63, 3.8) is 0 Å². The molecule has 2 heterocycles. The second-order valence-corrected chi connectivity index (χ2v) is 11.5. The summed E-state index contributed by atoms with van der Waals surface area (Å²) >= 11 is 0. The predicted octanol–water partition coefficient (Wildman–Crippen LogP) is 3.26. The van der Waals surface area contributed by atoms with Crippen molar-refractivity contribution in [1.82, 2.24) is 10.2 Å². The number of fused-ring (bicyclic) bond motifs is 1. The molecule has 1 aromatic carbocycles. The van der Waals surface area contributed by atoms with E-state index in [2.05, 4.69) is 35.2 Å². The lowest BCUT2D eigenvalue weighted by molar-refractivity contribution is -0.138. The number of piperidine rings is 1. The van der Waals surface area contributed by atoms with E-state index >= 15 is 0 Å². The van der Waals surface area contributed by atoms with Crippen molar-refractivity contribution in [2.45, 2.75) is 96.3 Å². The van der Waals surface area contributed by atoms with Gasteiger partial charge in [-0.3, -0.25) is 4.79 Å². The van der Waals surface area contributed by atoms with Gasteiger partial charge in [-0.25, -0.2) is 0 Å². The maximum absolute atomic E-state index is 12.6. The summed E-state index contributed by atoms with van der Waals surface area (Å²) < 4.78 is 12.9. The second kappa shape index (κ2) is 12.3. The first-order chi connectivity index (χ1) is 18.8. The Labute approximate surface area is 233 Å². The second-order valence-electron chi connectivity index (χ2n) is 11.5. The highest BCUT2D eigenvalue weighted by atomic mass is 16.5. The van der Waals surface area contributed by atoms with E-state index in [-0.39, 0.29) is 47.5 Å². The molecule has 218 valence electrons. The first-order valence-electron chi connectivity index (χ1n) is 14.9. The molecule has 0 bridgehead atoms. The number of amides is 1. The molecule has 6 N–H and O–H groups in total. The molecule has 3 fully saturated rings. The molecule has 6 atom stereocenters. The molecule has 4 aliphatic rings. The van der Waals surface area contributed by atoms with Crippen LogP contribution in [0.25, 0.3) is 0 Å². The first kappa shape index (κ1) is 29.5. The van der Waals surface area contributed by atoms with Gasteiger partial charge in [0.05, 0.1) is 6.10 Å². The Balaban J connectivity index is 0.00000172. The zero-order chi connectivity index (χ0) is 28.3. The summed E-state index contributed by atoms with van der Waals surface area (Å²) in [5.41, 5.74) is 7.90. The number of methoxy groups -OCH3 is 1. The van der Waals surface area contributed by atoms with Crippen LogP contribution in [0.2, 0.25) is 0 Å². The summed E-state index contributed by atoms with van der Waals surface area (Å²) in [4.78, 5) is 15.3. The van der Waals surface area contributed by atoms with Gasteiger partial charge in [-0.05, 0) is 69.0 Å². The van der Waals surface area contributed by atoms with E-state index in [4.69, 9.17) is 21.1 Å². The number of aromatic hydroxyl groups is 1. The van der Waals surface area contributed by atoms with Crippen LogP contribution < -0.4 is 21.6 Å². The van der Waals surface area contributed by atoms with Crippen LogP contribution in [0.4, 0.5) is 0 Å². The molecule has 39 heavy (non-hydrogen) atoms. The fourth-order valence-electron chi connectivity index (χ4n) is 7.50. The first-order valence-corrected chi connectivity index (χ1v) is 14.9. The van der Waals surface area contributed by atoms with Crippen molar-refractivity contribution >= 4 is 11.7 Å². The number of phenolic OH excluding ortho intramolecular Hbond substituents is 1. The Bertz CT molecular complexity index is 1040. The number of phenols is 1. The quantitative estimate of drug-likeness (QED) is 0.162. The number of ether oxygens (including phenoxy) is 2. The summed E-state index contributed by atoms with van der Waals surface area (Å²) in [5, 5.41) is 17.4. The largest absolute Gasteiger partial charge is 0.504 e. The summed E-state index contributed by atoms with van der Waals surface area (Å²) in [6.07, 6.45) is 5.63. The monoisotopic (exact) mass is 543 g/mol. The summed E-state index contributed by atoms with van der Waals surface area (Å²) in [7, 11) is 1.74. The number of hydrogen-bond donors (Lipinski definition) is 4. The maximum Gasteiger partial charge on any atom is 0.220 e. The lowest BCUT2D eigenvalue weighted by atomic mass is 9.52. The van der Waals surface area contributed by atoms with Crippen molar-refractivity contribution in [3.8, 4) is 11.5 Å². The fourth-order valence-corrected chi connectivity index (χ4v) is 7.50. The van der Waals surface area contributed by atoms with Crippen molar-refractivity contribution in [1.29, 1.82) is 0 Å².